The number of rotatable bonds is 8. The van der Waals surface area contributed by atoms with Gasteiger partial charge in [0.05, 0.1) is 16.8 Å². The Hall–Kier alpha value is -2.80. The number of hydrogen-bond acceptors (Lipinski definition) is 4. The number of halogens is 2. The number of ether oxygens (including phenoxy) is 1. The second-order valence-electron chi connectivity index (χ2n) is 5.41. The van der Waals surface area contributed by atoms with E-state index < -0.39 is 11.7 Å². The molecule has 0 aliphatic heterocycles. The predicted octanol–water partition coefficient (Wildman–Crippen LogP) is 3.21. The van der Waals surface area contributed by atoms with Gasteiger partial charge in [-0.2, -0.15) is 0 Å². The predicted molar refractivity (Wildman–Crippen MR) is 94.6 cm³/mol. The first-order chi connectivity index (χ1) is 12.4. The molecule has 0 bridgehead atoms. The summed E-state index contributed by atoms with van der Waals surface area (Å²) >= 11 is 5.57. The first kappa shape index (κ1) is 19.5. The Kier molecular flexibility index (Phi) is 6.80. The molecule has 0 saturated heterocycles. The van der Waals surface area contributed by atoms with Gasteiger partial charge in [-0.25, -0.2) is 4.39 Å². The van der Waals surface area contributed by atoms with Crippen LogP contribution >= 0.6 is 11.6 Å². The molecule has 2 aromatic rings. The van der Waals surface area contributed by atoms with Gasteiger partial charge in [0.2, 0.25) is 0 Å². The number of amides is 2. The summed E-state index contributed by atoms with van der Waals surface area (Å²) in [7, 11) is 0. The molecule has 0 spiro atoms. The molecule has 2 N–H and O–H groups in total. The van der Waals surface area contributed by atoms with Crippen LogP contribution in [0.25, 0.3) is 0 Å². The Morgan fingerprint density at radius 2 is 2.12 bits per heavy atom. The first-order valence-electron chi connectivity index (χ1n) is 7.74. The second-order valence-corrected chi connectivity index (χ2v) is 5.82. The third-order valence-electron chi connectivity index (χ3n) is 3.39. The molecule has 0 atom stereocenters. The van der Waals surface area contributed by atoms with Crippen LogP contribution in [-0.2, 0) is 4.79 Å². The highest BCUT2D eigenvalue weighted by Crippen LogP contribution is 2.20. The highest BCUT2D eigenvalue weighted by Gasteiger charge is 2.11. The normalized spacial score (nSPS) is 10.3. The van der Waals surface area contributed by atoms with Crippen molar-refractivity contribution in [2.45, 2.75) is 13.3 Å². The average molecular weight is 381 g/mol. The Morgan fingerprint density at radius 3 is 2.77 bits per heavy atom. The molecule has 2 amide bonds. The Bertz CT molecular complexity index is 819. The molecule has 1 heterocycles. The fourth-order valence-electron chi connectivity index (χ4n) is 2.05. The van der Waals surface area contributed by atoms with Crippen LogP contribution in [-0.4, -0.2) is 25.0 Å². The third kappa shape index (κ3) is 5.63. The van der Waals surface area contributed by atoms with Crippen LogP contribution < -0.4 is 15.4 Å². The molecule has 2 rings (SSSR count). The molecule has 1 aromatic heterocycles. The van der Waals surface area contributed by atoms with E-state index in [1.54, 1.807) is 13.0 Å². The van der Waals surface area contributed by atoms with E-state index in [1.807, 2.05) is 0 Å². The van der Waals surface area contributed by atoms with Gasteiger partial charge < -0.3 is 19.8 Å². The second kappa shape index (κ2) is 9.05. The number of carbonyl (C=O) groups excluding carboxylic acids is 2. The highest BCUT2D eigenvalue weighted by molar-refractivity contribution is 6.30. The summed E-state index contributed by atoms with van der Waals surface area (Å²) in [5.74, 6) is -0.607. The summed E-state index contributed by atoms with van der Waals surface area (Å²) in [4.78, 5) is 23.7. The van der Waals surface area contributed by atoms with Gasteiger partial charge in [-0.05, 0) is 25.1 Å². The minimum Gasteiger partial charge on any atom is -0.484 e. The number of carbonyl (C=O) groups is 2. The van der Waals surface area contributed by atoms with Crippen molar-refractivity contribution in [2.75, 3.05) is 13.2 Å². The molecule has 0 aliphatic rings. The topological polar surface area (TPSA) is 80.6 Å². The van der Waals surface area contributed by atoms with Crippen LogP contribution in [0.5, 0.6) is 5.75 Å². The lowest BCUT2D eigenvalue weighted by atomic mass is 10.2. The van der Waals surface area contributed by atoms with Crippen LogP contribution in [0.15, 0.2) is 47.2 Å². The van der Waals surface area contributed by atoms with E-state index >= 15 is 0 Å². The van der Waals surface area contributed by atoms with Crippen LogP contribution in [0.4, 0.5) is 4.39 Å². The van der Waals surface area contributed by atoms with Crippen molar-refractivity contribution >= 4 is 23.4 Å². The summed E-state index contributed by atoms with van der Waals surface area (Å²) in [6.07, 6.45) is 1.79. The number of nitrogens with one attached hydrogen (secondary N) is 2. The molecule has 0 saturated carbocycles. The summed E-state index contributed by atoms with van der Waals surface area (Å²) in [5, 5.41) is 5.23. The molecule has 6 nitrogen and oxygen atoms in total. The third-order valence-corrected chi connectivity index (χ3v) is 3.70. The monoisotopic (exact) mass is 380 g/mol. The van der Waals surface area contributed by atoms with E-state index in [0.717, 1.165) is 6.07 Å². The van der Waals surface area contributed by atoms with Crippen molar-refractivity contribution in [3.63, 3.8) is 0 Å². The van der Waals surface area contributed by atoms with Gasteiger partial charge in [0.25, 0.3) is 11.8 Å². The number of aryl methyl sites for hydroxylation is 1. The molecular weight excluding hydrogens is 363 g/mol. The summed E-state index contributed by atoms with van der Waals surface area (Å²) in [5.41, 5.74) is 0.883. The standard InChI is InChI=1S/C18H18ClFN2O4/c1-11(5-7-21-18(24)14-6-8-25-12(14)2)22-17(23)10-26-13-3-4-15(19)16(20)9-13/h3-4,6,8-9H,1,5,7,10H2,2H3,(H,21,24)(H,22,23). The van der Waals surface area contributed by atoms with Gasteiger partial charge in [-0.15, -0.1) is 0 Å². The van der Waals surface area contributed by atoms with Crippen molar-refractivity contribution < 1.29 is 23.1 Å². The van der Waals surface area contributed by atoms with Crippen LogP contribution in [0.2, 0.25) is 5.02 Å². The lowest BCUT2D eigenvalue weighted by molar-refractivity contribution is -0.122. The van der Waals surface area contributed by atoms with E-state index in [0.29, 0.717) is 30.0 Å². The zero-order valence-electron chi connectivity index (χ0n) is 14.1. The molecule has 26 heavy (non-hydrogen) atoms. The van der Waals surface area contributed by atoms with E-state index in [1.165, 1.54) is 18.4 Å². The smallest absolute Gasteiger partial charge is 0.262 e. The number of benzene rings is 1. The SMILES string of the molecule is C=C(CCNC(=O)c1ccoc1C)NC(=O)COc1ccc(Cl)c(F)c1. The van der Waals surface area contributed by atoms with Gasteiger partial charge in [0, 0.05) is 24.7 Å². The number of furan rings is 1. The Labute approximate surface area is 155 Å². The van der Waals surface area contributed by atoms with Crippen molar-refractivity contribution in [1.29, 1.82) is 0 Å². The molecular formula is C18H18ClFN2O4. The van der Waals surface area contributed by atoms with Gasteiger partial charge in [-0.1, -0.05) is 18.2 Å². The molecule has 0 aliphatic carbocycles. The molecule has 0 fully saturated rings. The van der Waals surface area contributed by atoms with E-state index in [9.17, 15) is 14.0 Å². The fraction of sp³-hybridized carbons (Fsp3) is 0.222. The minimum absolute atomic E-state index is 0.0251. The summed E-state index contributed by atoms with van der Waals surface area (Å²) < 4.78 is 23.5. The molecule has 0 unspecified atom stereocenters. The Balaban J connectivity index is 1.68. The average Bonchev–Trinajstić information content (AvgIpc) is 3.02. The largest absolute Gasteiger partial charge is 0.484 e. The van der Waals surface area contributed by atoms with Crippen LogP contribution in [0, 0.1) is 12.7 Å². The van der Waals surface area contributed by atoms with E-state index in [4.69, 9.17) is 20.8 Å². The van der Waals surface area contributed by atoms with Crippen molar-refractivity contribution in [1.82, 2.24) is 10.6 Å². The van der Waals surface area contributed by atoms with Gasteiger partial charge in [0.15, 0.2) is 6.61 Å². The van der Waals surface area contributed by atoms with Gasteiger partial charge in [-0.3, -0.25) is 9.59 Å². The molecule has 1 aromatic carbocycles. The van der Waals surface area contributed by atoms with E-state index in [2.05, 4.69) is 17.2 Å². The van der Waals surface area contributed by atoms with Crippen LogP contribution in [0.3, 0.4) is 0 Å². The van der Waals surface area contributed by atoms with Crippen molar-refractivity contribution in [3.8, 4) is 5.75 Å². The summed E-state index contributed by atoms with van der Waals surface area (Å²) in [6.45, 7) is 5.41. The van der Waals surface area contributed by atoms with Gasteiger partial charge >= 0.3 is 0 Å². The van der Waals surface area contributed by atoms with Crippen molar-refractivity contribution in [3.05, 3.63) is 65.0 Å². The number of hydrogen-bond donors (Lipinski definition) is 2. The van der Waals surface area contributed by atoms with Crippen LogP contribution in [0.1, 0.15) is 22.5 Å². The maximum Gasteiger partial charge on any atom is 0.262 e. The minimum atomic E-state index is -0.627. The first-order valence-corrected chi connectivity index (χ1v) is 8.12. The molecule has 8 heteroatoms. The van der Waals surface area contributed by atoms with E-state index in [-0.39, 0.29) is 23.3 Å². The summed E-state index contributed by atoms with van der Waals surface area (Å²) in [6, 6.07) is 5.48. The maximum absolute atomic E-state index is 13.3. The van der Waals surface area contributed by atoms with Gasteiger partial charge in [0.1, 0.15) is 17.3 Å². The lowest BCUT2D eigenvalue weighted by Gasteiger charge is -2.10. The fourth-order valence-corrected chi connectivity index (χ4v) is 2.17. The zero-order chi connectivity index (χ0) is 19.1. The zero-order valence-corrected chi connectivity index (χ0v) is 14.9. The quantitative estimate of drug-likeness (QED) is 0.737. The lowest BCUT2D eigenvalue weighted by Crippen LogP contribution is -2.31. The van der Waals surface area contributed by atoms with Crippen molar-refractivity contribution in [2.24, 2.45) is 0 Å². The molecule has 138 valence electrons. The maximum atomic E-state index is 13.3. The highest BCUT2D eigenvalue weighted by atomic mass is 35.5. The Morgan fingerprint density at radius 1 is 1.35 bits per heavy atom. The molecule has 0 radical (unpaired) electrons.